The number of rotatable bonds is 1. The minimum absolute atomic E-state index is 0.268. The molecule has 1 aliphatic rings. The van der Waals surface area contributed by atoms with Crippen LogP contribution in [0.1, 0.15) is 0 Å². The molecule has 2 nitrogen and oxygen atoms in total. The molecule has 1 fully saturated rings. The molecule has 1 atom stereocenters. The van der Waals surface area contributed by atoms with Gasteiger partial charge in [-0.1, -0.05) is 11.9 Å². The molecule has 0 bridgehead atoms. The van der Waals surface area contributed by atoms with Crippen LogP contribution in [0.5, 0.6) is 0 Å². The van der Waals surface area contributed by atoms with E-state index in [0.717, 1.165) is 0 Å². The van der Waals surface area contributed by atoms with Crippen molar-refractivity contribution in [3.05, 3.63) is 0 Å². The number of hydrogen-bond acceptors (Lipinski definition) is 3. The molecular formula is C4H6F3NOS. The van der Waals surface area contributed by atoms with Crippen molar-refractivity contribution in [1.29, 1.82) is 0 Å². The Bertz CT molecular complexity index is 112. The lowest BCUT2D eigenvalue weighted by Gasteiger charge is -2.11. The molecule has 60 valence electrons. The maximum atomic E-state index is 11.4. The van der Waals surface area contributed by atoms with Crippen LogP contribution in [0, 0.1) is 0 Å². The lowest BCUT2D eigenvalue weighted by atomic mass is 10.4. The first-order chi connectivity index (χ1) is 4.58. The predicted octanol–water partition coefficient (Wildman–Crippen LogP) is 1.14. The van der Waals surface area contributed by atoms with Crippen LogP contribution in [0.25, 0.3) is 0 Å². The molecule has 0 radical (unpaired) electrons. The molecule has 0 aliphatic carbocycles. The Kier molecular flexibility index (Phi) is 2.43. The van der Waals surface area contributed by atoms with Gasteiger partial charge in [0.25, 0.3) is 0 Å². The fourth-order valence-corrected chi connectivity index (χ4v) is 1.42. The minimum Gasteiger partial charge on any atom is -0.286 e. The zero-order valence-electron chi connectivity index (χ0n) is 4.94. The van der Waals surface area contributed by atoms with Gasteiger partial charge in [-0.15, -0.1) is 13.2 Å². The Morgan fingerprint density at radius 2 is 2.20 bits per heavy atom. The molecule has 1 N–H and O–H groups in total. The van der Waals surface area contributed by atoms with Gasteiger partial charge in [0.05, 0.1) is 6.10 Å². The lowest BCUT2D eigenvalue weighted by molar-refractivity contribution is -0.337. The van der Waals surface area contributed by atoms with Gasteiger partial charge in [-0.2, -0.15) is 0 Å². The van der Waals surface area contributed by atoms with Crippen LogP contribution < -0.4 is 4.72 Å². The van der Waals surface area contributed by atoms with E-state index >= 15 is 0 Å². The van der Waals surface area contributed by atoms with Crippen molar-refractivity contribution in [2.24, 2.45) is 0 Å². The summed E-state index contributed by atoms with van der Waals surface area (Å²) >= 11 is 1.25. The van der Waals surface area contributed by atoms with Crippen molar-refractivity contribution in [3.63, 3.8) is 0 Å². The van der Waals surface area contributed by atoms with Gasteiger partial charge in [0.2, 0.25) is 0 Å². The van der Waals surface area contributed by atoms with E-state index in [9.17, 15) is 13.2 Å². The number of nitrogens with one attached hydrogen (secondary N) is 1. The van der Waals surface area contributed by atoms with Gasteiger partial charge >= 0.3 is 6.36 Å². The van der Waals surface area contributed by atoms with Crippen LogP contribution in [0.3, 0.4) is 0 Å². The molecular weight excluding hydrogens is 167 g/mol. The standard InChI is InChI=1S/C4H6F3NOS/c5-4(6,7)9-3-1-8-10-2-3/h3,8H,1-2H2. The first-order valence-corrected chi connectivity index (χ1v) is 3.66. The van der Waals surface area contributed by atoms with Crippen molar-refractivity contribution in [1.82, 2.24) is 4.72 Å². The second kappa shape index (κ2) is 2.98. The summed E-state index contributed by atoms with van der Waals surface area (Å²) < 4.78 is 40.7. The third-order valence-corrected chi connectivity index (χ3v) is 1.89. The maximum Gasteiger partial charge on any atom is 0.522 e. The van der Waals surface area contributed by atoms with Crippen LogP contribution in [-0.2, 0) is 4.74 Å². The molecule has 6 heteroatoms. The fourth-order valence-electron chi connectivity index (χ4n) is 0.627. The Morgan fingerprint density at radius 3 is 2.60 bits per heavy atom. The van der Waals surface area contributed by atoms with Crippen LogP contribution in [0.4, 0.5) is 13.2 Å². The average molecular weight is 173 g/mol. The highest BCUT2D eigenvalue weighted by Crippen LogP contribution is 2.22. The highest BCUT2D eigenvalue weighted by Gasteiger charge is 2.34. The summed E-state index contributed by atoms with van der Waals surface area (Å²) in [7, 11) is 0. The molecule has 1 heterocycles. The van der Waals surface area contributed by atoms with E-state index in [0.29, 0.717) is 5.75 Å². The summed E-state index contributed by atoms with van der Waals surface area (Å²) in [4.78, 5) is 0. The van der Waals surface area contributed by atoms with Crippen LogP contribution in [0.15, 0.2) is 0 Å². The van der Waals surface area contributed by atoms with Crippen molar-refractivity contribution in [3.8, 4) is 0 Å². The summed E-state index contributed by atoms with van der Waals surface area (Å²) in [6.07, 6.45) is -5.21. The monoisotopic (exact) mass is 173 g/mol. The first-order valence-electron chi connectivity index (χ1n) is 2.67. The van der Waals surface area contributed by atoms with Gasteiger partial charge in [-0.25, -0.2) is 0 Å². The van der Waals surface area contributed by atoms with E-state index in [1.165, 1.54) is 11.9 Å². The number of halogens is 3. The van der Waals surface area contributed by atoms with E-state index in [-0.39, 0.29) is 6.54 Å². The predicted molar refractivity (Wildman–Crippen MR) is 31.4 cm³/mol. The van der Waals surface area contributed by atoms with Crippen molar-refractivity contribution < 1.29 is 17.9 Å². The van der Waals surface area contributed by atoms with E-state index in [4.69, 9.17) is 0 Å². The maximum absolute atomic E-state index is 11.4. The van der Waals surface area contributed by atoms with Gasteiger partial charge < -0.3 is 0 Å². The number of alkyl halides is 3. The van der Waals surface area contributed by atoms with Gasteiger partial charge in [0.15, 0.2) is 0 Å². The fraction of sp³-hybridized carbons (Fsp3) is 1.00. The Balaban J connectivity index is 2.24. The second-order valence-electron chi connectivity index (χ2n) is 1.85. The Labute approximate surface area is 60.2 Å². The molecule has 1 unspecified atom stereocenters. The third-order valence-electron chi connectivity index (χ3n) is 0.983. The molecule has 10 heavy (non-hydrogen) atoms. The zero-order chi connectivity index (χ0) is 7.61. The second-order valence-corrected chi connectivity index (χ2v) is 2.76. The van der Waals surface area contributed by atoms with E-state index in [1.54, 1.807) is 0 Å². The molecule has 0 aromatic rings. The molecule has 0 aromatic carbocycles. The Morgan fingerprint density at radius 1 is 1.50 bits per heavy atom. The normalized spacial score (nSPS) is 27.3. The summed E-state index contributed by atoms with van der Waals surface area (Å²) in [5.74, 6) is 0.361. The quantitative estimate of drug-likeness (QED) is 0.601. The average Bonchev–Trinajstić information content (AvgIpc) is 2.12. The van der Waals surface area contributed by atoms with E-state index < -0.39 is 12.5 Å². The highest BCUT2D eigenvalue weighted by molar-refractivity contribution is 7.97. The van der Waals surface area contributed by atoms with Crippen LogP contribution >= 0.6 is 11.9 Å². The largest absolute Gasteiger partial charge is 0.522 e. The van der Waals surface area contributed by atoms with Gasteiger partial charge in [0.1, 0.15) is 0 Å². The number of hydrogen-bond donors (Lipinski definition) is 1. The molecule has 0 aromatic heterocycles. The van der Waals surface area contributed by atoms with Gasteiger partial charge in [-0.05, 0) is 0 Å². The van der Waals surface area contributed by atoms with Crippen molar-refractivity contribution in [2.45, 2.75) is 12.5 Å². The minimum atomic E-state index is -4.49. The summed E-state index contributed by atoms with van der Waals surface area (Å²) in [6, 6.07) is 0. The molecule has 0 amide bonds. The molecule has 0 spiro atoms. The van der Waals surface area contributed by atoms with Crippen molar-refractivity contribution >= 4 is 11.9 Å². The van der Waals surface area contributed by atoms with E-state index in [1.807, 2.05) is 0 Å². The summed E-state index contributed by atoms with van der Waals surface area (Å²) in [5, 5.41) is 0. The van der Waals surface area contributed by atoms with Crippen molar-refractivity contribution in [2.75, 3.05) is 12.3 Å². The summed E-state index contributed by atoms with van der Waals surface area (Å²) in [6.45, 7) is 0.268. The molecule has 1 saturated heterocycles. The molecule has 0 saturated carbocycles. The lowest BCUT2D eigenvalue weighted by Crippen LogP contribution is -2.27. The van der Waals surface area contributed by atoms with Crippen LogP contribution in [0.2, 0.25) is 0 Å². The summed E-state index contributed by atoms with van der Waals surface area (Å²) in [5.41, 5.74) is 0. The topological polar surface area (TPSA) is 21.3 Å². The van der Waals surface area contributed by atoms with Gasteiger partial charge in [-0.3, -0.25) is 9.46 Å². The first kappa shape index (κ1) is 8.16. The highest BCUT2D eigenvalue weighted by atomic mass is 32.2. The molecule has 1 rings (SSSR count). The third kappa shape index (κ3) is 2.76. The van der Waals surface area contributed by atoms with E-state index in [2.05, 4.69) is 9.46 Å². The smallest absolute Gasteiger partial charge is 0.286 e. The molecule has 1 aliphatic heterocycles. The Hall–Kier alpha value is 0.0600. The van der Waals surface area contributed by atoms with Crippen LogP contribution in [-0.4, -0.2) is 24.8 Å². The zero-order valence-corrected chi connectivity index (χ0v) is 5.76. The SMILES string of the molecule is FC(F)(F)OC1CNSC1. The number of ether oxygens (including phenoxy) is 1. The van der Waals surface area contributed by atoms with Gasteiger partial charge in [0, 0.05) is 12.3 Å².